The van der Waals surface area contributed by atoms with Crippen LogP contribution in [0.5, 0.6) is 0 Å². The first-order valence-electron chi connectivity index (χ1n) is 7.13. The minimum Gasteiger partial charge on any atom is -0.410 e. The van der Waals surface area contributed by atoms with Crippen LogP contribution in [0.4, 0.5) is 0 Å². The van der Waals surface area contributed by atoms with Crippen molar-refractivity contribution < 1.29 is 12.8 Å². The predicted molar refractivity (Wildman–Crippen MR) is 75.8 cm³/mol. The summed E-state index contributed by atoms with van der Waals surface area (Å²) in [7, 11) is -4.68. The van der Waals surface area contributed by atoms with Crippen LogP contribution in [0.1, 0.15) is 33.6 Å². The van der Waals surface area contributed by atoms with Gasteiger partial charge in [-0.3, -0.25) is 5.32 Å². The Hall–Kier alpha value is 0.0869. The highest BCUT2D eigenvalue weighted by Crippen LogP contribution is 2.35. The first-order valence-corrected chi connectivity index (χ1v) is 11.3. The third kappa shape index (κ3) is 2.52. The summed E-state index contributed by atoms with van der Waals surface area (Å²) in [5.74, 6) is 0. The average molecular weight is 291 g/mol. The molecule has 1 heterocycles. The van der Waals surface area contributed by atoms with Gasteiger partial charge in [0.1, 0.15) is 5.37 Å². The molecule has 0 bridgehead atoms. The molecule has 0 aromatic rings. The van der Waals surface area contributed by atoms with E-state index in [2.05, 4.69) is 26.1 Å². The molecule has 2 unspecified atom stereocenters. The van der Waals surface area contributed by atoms with Gasteiger partial charge in [0.15, 0.2) is 18.2 Å². The van der Waals surface area contributed by atoms with Gasteiger partial charge < -0.3 is 4.43 Å². The van der Waals surface area contributed by atoms with Crippen LogP contribution in [-0.2, 0) is 14.3 Å². The van der Waals surface area contributed by atoms with E-state index >= 15 is 0 Å². The maximum Gasteiger partial charge on any atom is 0.192 e. The normalized spacial score (nSPS) is 29.1. The third-order valence-corrected chi connectivity index (χ3v) is 11.8. The molecule has 6 heteroatoms. The summed E-state index contributed by atoms with van der Waals surface area (Å²) in [4.78, 5) is 0. The standard InChI is InChI=1S/C12H25NO3SSi/c1-4-18(5-2,6-3)16-11-9-13-12(11)17(14,15)10-7-8-10/h10-13H,4-9H2,1-3H3. The topological polar surface area (TPSA) is 55.4 Å². The van der Waals surface area contributed by atoms with Crippen LogP contribution >= 0.6 is 0 Å². The van der Waals surface area contributed by atoms with Crippen LogP contribution < -0.4 is 5.32 Å². The minimum atomic E-state index is -2.99. The molecule has 0 amide bonds. The van der Waals surface area contributed by atoms with Crippen molar-refractivity contribution in [2.24, 2.45) is 0 Å². The quantitative estimate of drug-likeness (QED) is 0.728. The molecule has 1 aliphatic heterocycles. The molecule has 2 fully saturated rings. The Kier molecular flexibility index (Phi) is 4.21. The maximum absolute atomic E-state index is 12.2. The van der Waals surface area contributed by atoms with Gasteiger partial charge in [-0.1, -0.05) is 20.8 Å². The molecule has 0 aromatic heterocycles. The zero-order chi connectivity index (χ0) is 13.4. The van der Waals surface area contributed by atoms with Gasteiger partial charge in [-0.25, -0.2) is 8.42 Å². The number of sulfone groups is 1. The lowest BCUT2D eigenvalue weighted by Gasteiger charge is -2.43. The lowest BCUT2D eigenvalue weighted by Crippen LogP contribution is -2.65. The fourth-order valence-electron chi connectivity index (χ4n) is 2.67. The molecule has 1 aliphatic carbocycles. The summed E-state index contributed by atoms with van der Waals surface area (Å²) >= 11 is 0. The highest BCUT2D eigenvalue weighted by molar-refractivity contribution is 7.93. The van der Waals surface area contributed by atoms with E-state index in [-0.39, 0.29) is 11.4 Å². The molecule has 0 spiro atoms. The number of hydrogen-bond acceptors (Lipinski definition) is 4. The van der Waals surface area contributed by atoms with Crippen molar-refractivity contribution in [1.82, 2.24) is 5.32 Å². The zero-order valence-corrected chi connectivity index (χ0v) is 13.4. The Labute approximate surface area is 112 Å². The van der Waals surface area contributed by atoms with Gasteiger partial charge in [-0.2, -0.15) is 0 Å². The Morgan fingerprint density at radius 1 is 1.17 bits per heavy atom. The SMILES string of the molecule is CC[Si](CC)(CC)OC1CNC1S(=O)(=O)C1CC1. The average Bonchev–Trinajstić information content (AvgIpc) is 3.13. The van der Waals surface area contributed by atoms with Crippen LogP contribution in [0.15, 0.2) is 0 Å². The Balaban J connectivity index is 2.02. The predicted octanol–water partition coefficient (Wildman–Crippen LogP) is 1.88. The summed E-state index contributed by atoms with van der Waals surface area (Å²) in [6, 6.07) is 3.23. The van der Waals surface area contributed by atoms with E-state index in [1.165, 1.54) is 0 Å². The summed E-state index contributed by atoms with van der Waals surface area (Å²) in [5, 5.41) is 2.54. The minimum absolute atomic E-state index is 0.0950. The van der Waals surface area contributed by atoms with Crippen molar-refractivity contribution >= 4 is 18.2 Å². The van der Waals surface area contributed by atoms with Crippen molar-refractivity contribution in [3.8, 4) is 0 Å². The third-order valence-electron chi connectivity index (χ3n) is 4.54. The number of nitrogens with one attached hydrogen (secondary N) is 1. The van der Waals surface area contributed by atoms with Crippen molar-refractivity contribution in [1.29, 1.82) is 0 Å². The first-order chi connectivity index (χ1) is 8.49. The van der Waals surface area contributed by atoms with Gasteiger partial charge in [0.2, 0.25) is 0 Å². The molecule has 2 rings (SSSR count). The van der Waals surface area contributed by atoms with Gasteiger partial charge in [-0.15, -0.1) is 0 Å². The van der Waals surface area contributed by atoms with Crippen LogP contribution in [0.25, 0.3) is 0 Å². The second kappa shape index (κ2) is 5.23. The molecule has 0 radical (unpaired) electrons. The smallest absolute Gasteiger partial charge is 0.192 e. The monoisotopic (exact) mass is 291 g/mol. The van der Waals surface area contributed by atoms with Crippen LogP contribution in [-0.4, -0.2) is 40.0 Å². The largest absolute Gasteiger partial charge is 0.410 e. The summed E-state index contributed by atoms with van der Waals surface area (Å²) in [5.41, 5.74) is 0. The maximum atomic E-state index is 12.2. The Morgan fingerprint density at radius 2 is 1.72 bits per heavy atom. The van der Waals surface area contributed by atoms with Gasteiger partial charge in [0.05, 0.1) is 11.4 Å². The summed E-state index contributed by atoms with van der Waals surface area (Å²) in [6.45, 7) is 7.23. The van der Waals surface area contributed by atoms with Gasteiger partial charge >= 0.3 is 0 Å². The Morgan fingerprint density at radius 3 is 2.06 bits per heavy atom. The van der Waals surface area contributed by atoms with Gasteiger partial charge in [0.25, 0.3) is 0 Å². The fraction of sp³-hybridized carbons (Fsp3) is 1.00. The molecule has 0 aromatic carbocycles. The summed E-state index contributed by atoms with van der Waals surface area (Å²) in [6.07, 6.45) is 1.58. The Bertz CT molecular complexity index is 382. The van der Waals surface area contributed by atoms with E-state index in [1.807, 2.05) is 0 Å². The molecule has 4 nitrogen and oxygen atoms in total. The molecule has 106 valence electrons. The zero-order valence-electron chi connectivity index (χ0n) is 11.6. The lowest BCUT2D eigenvalue weighted by molar-refractivity contribution is 0.109. The van der Waals surface area contributed by atoms with E-state index in [0.717, 1.165) is 31.0 Å². The van der Waals surface area contributed by atoms with E-state index in [1.54, 1.807) is 0 Å². The van der Waals surface area contributed by atoms with Crippen molar-refractivity contribution in [3.05, 3.63) is 0 Å². The van der Waals surface area contributed by atoms with E-state index in [0.29, 0.717) is 6.54 Å². The molecular weight excluding hydrogens is 266 g/mol. The molecule has 1 saturated carbocycles. The lowest BCUT2D eigenvalue weighted by atomic mass is 10.2. The van der Waals surface area contributed by atoms with Crippen molar-refractivity contribution in [3.63, 3.8) is 0 Å². The molecule has 2 atom stereocenters. The van der Waals surface area contributed by atoms with E-state index in [4.69, 9.17) is 4.43 Å². The van der Waals surface area contributed by atoms with Crippen molar-refractivity contribution in [2.75, 3.05) is 6.54 Å². The van der Waals surface area contributed by atoms with Gasteiger partial charge in [0, 0.05) is 6.54 Å². The number of hydrogen-bond donors (Lipinski definition) is 1. The second-order valence-corrected chi connectivity index (χ2v) is 12.6. The van der Waals surface area contributed by atoms with E-state index in [9.17, 15) is 8.42 Å². The molecule has 1 N–H and O–H groups in total. The second-order valence-electron chi connectivity index (χ2n) is 5.52. The number of rotatable bonds is 7. The van der Waals surface area contributed by atoms with Crippen LogP contribution in [0.3, 0.4) is 0 Å². The molecule has 1 saturated heterocycles. The molecule has 2 aliphatic rings. The van der Waals surface area contributed by atoms with Crippen molar-refractivity contribution in [2.45, 2.75) is 68.5 Å². The fourth-order valence-corrected chi connectivity index (χ4v) is 7.74. The highest BCUT2D eigenvalue weighted by Gasteiger charge is 2.50. The molecule has 18 heavy (non-hydrogen) atoms. The van der Waals surface area contributed by atoms with E-state index < -0.39 is 23.5 Å². The van der Waals surface area contributed by atoms with Crippen LogP contribution in [0, 0.1) is 0 Å². The first kappa shape index (κ1) is 14.5. The van der Waals surface area contributed by atoms with Gasteiger partial charge in [-0.05, 0) is 31.0 Å². The molecular formula is C12H25NO3SSi. The summed E-state index contributed by atoms with van der Waals surface area (Å²) < 4.78 is 30.7. The van der Waals surface area contributed by atoms with Crippen LogP contribution in [0.2, 0.25) is 18.1 Å². The highest BCUT2D eigenvalue weighted by atomic mass is 32.2.